The monoisotopic (exact) mass is 589 g/mol. The molecule has 3 aromatic rings. The molecule has 43 heavy (non-hydrogen) atoms. The van der Waals surface area contributed by atoms with Crippen molar-refractivity contribution in [1.82, 2.24) is 25.1 Å². The zero-order valence-corrected chi connectivity index (χ0v) is 23.9. The highest BCUT2D eigenvalue weighted by Gasteiger charge is 2.45. The Balaban J connectivity index is 1.65. The maximum atomic E-state index is 14.5. The summed E-state index contributed by atoms with van der Waals surface area (Å²) in [5, 5.41) is 15.4. The molecule has 2 N–H and O–H groups in total. The molecule has 4 amide bonds. The third kappa shape index (κ3) is 7.47. The largest absolute Gasteiger partial charge is 0.508 e. The molecule has 11 heteroatoms. The molecule has 0 unspecified atom stereocenters. The number of nitrogens with one attached hydrogen (secondary N) is 1. The van der Waals surface area contributed by atoms with Crippen molar-refractivity contribution in [2.24, 2.45) is 0 Å². The second-order valence-electron chi connectivity index (χ2n) is 10.3. The number of urea groups is 1. The van der Waals surface area contributed by atoms with E-state index >= 15 is 0 Å². The number of terminal acetylenes is 1. The van der Waals surface area contributed by atoms with Crippen molar-refractivity contribution in [3.8, 4) is 18.1 Å². The van der Waals surface area contributed by atoms with Crippen LogP contribution in [-0.4, -0.2) is 75.1 Å². The maximum Gasteiger partial charge on any atom is 0.334 e. The second kappa shape index (κ2) is 13.8. The average Bonchev–Trinajstić information content (AvgIpc) is 2.98. The first-order chi connectivity index (χ1) is 20.6. The van der Waals surface area contributed by atoms with E-state index < -0.39 is 41.7 Å². The predicted molar refractivity (Wildman–Crippen MR) is 156 cm³/mol. The summed E-state index contributed by atoms with van der Waals surface area (Å²) >= 11 is 0. The summed E-state index contributed by atoms with van der Waals surface area (Å²) in [7, 11) is 1.46. The van der Waals surface area contributed by atoms with Crippen LogP contribution in [0.4, 0.5) is 13.6 Å². The number of halogens is 2. The number of hydrazine groups is 1. The van der Waals surface area contributed by atoms with Gasteiger partial charge in [-0.2, -0.15) is 5.01 Å². The lowest BCUT2D eigenvalue weighted by atomic mass is 10.0. The average molecular weight is 590 g/mol. The topological polar surface area (TPSA) is 96.4 Å². The van der Waals surface area contributed by atoms with Crippen LogP contribution < -0.4 is 5.32 Å². The number of likely N-dealkylation sites (N-methyl/N-ethyl adjacent to an activating group) is 1. The zero-order valence-electron chi connectivity index (χ0n) is 23.9. The smallest absolute Gasteiger partial charge is 0.334 e. The molecule has 0 radical (unpaired) electrons. The van der Waals surface area contributed by atoms with Crippen LogP contribution in [-0.2, 0) is 29.1 Å². The van der Waals surface area contributed by atoms with E-state index in [-0.39, 0.29) is 43.9 Å². The minimum atomic E-state index is -1.11. The fraction of sp³-hybridized carbons (Fsp3) is 0.281. The van der Waals surface area contributed by atoms with Gasteiger partial charge in [0.25, 0.3) is 0 Å². The summed E-state index contributed by atoms with van der Waals surface area (Å²) < 4.78 is 27.9. The molecule has 1 aliphatic heterocycles. The van der Waals surface area contributed by atoms with Gasteiger partial charge in [0.05, 0.1) is 13.1 Å². The van der Waals surface area contributed by atoms with Gasteiger partial charge in [-0.05, 0) is 36.2 Å². The number of aromatic hydroxyl groups is 1. The highest BCUT2D eigenvalue weighted by molar-refractivity contribution is 5.90. The summed E-state index contributed by atoms with van der Waals surface area (Å²) in [6, 6.07) is 17.0. The van der Waals surface area contributed by atoms with Crippen LogP contribution in [0.1, 0.15) is 23.6 Å². The third-order valence-corrected chi connectivity index (χ3v) is 7.22. The van der Waals surface area contributed by atoms with Crippen molar-refractivity contribution in [3.05, 3.63) is 101 Å². The second-order valence-corrected chi connectivity index (χ2v) is 10.3. The van der Waals surface area contributed by atoms with Crippen molar-refractivity contribution in [1.29, 1.82) is 0 Å². The molecule has 1 fully saturated rings. The summed E-state index contributed by atoms with van der Waals surface area (Å²) in [4.78, 5) is 43.8. The Hall–Kier alpha value is -4.95. The van der Waals surface area contributed by atoms with Crippen LogP contribution in [0.25, 0.3) is 0 Å². The molecule has 1 heterocycles. The molecule has 3 aromatic carbocycles. The maximum absolute atomic E-state index is 14.5. The number of hydrogen-bond acceptors (Lipinski definition) is 5. The van der Waals surface area contributed by atoms with Gasteiger partial charge >= 0.3 is 6.03 Å². The number of phenols is 1. The van der Waals surface area contributed by atoms with Gasteiger partial charge in [-0.1, -0.05) is 54.5 Å². The fourth-order valence-corrected chi connectivity index (χ4v) is 5.10. The predicted octanol–water partition coefficient (Wildman–Crippen LogP) is 3.49. The molecule has 0 saturated carbocycles. The highest BCUT2D eigenvalue weighted by atomic mass is 19.1. The number of phenolic OH excluding ortho intramolecular Hbond substituents is 1. The van der Waals surface area contributed by atoms with Crippen molar-refractivity contribution >= 4 is 17.8 Å². The Morgan fingerprint density at radius 1 is 1.09 bits per heavy atom. The van der Waals surface area contributed by atoms with Gasteiger partial charge in [-0.3, -0.25) is 9.59 Å². The Morgan fingerprint density at radius 2 is 1.79 bits per heavy atom. The number of rotatable bonds is 9. The van der Waals surface area contributed by atoms with Crippen molar-refractivity contribution in [3.63, 3.8) is 0 Å². The summed E-state index contributed by atoms with van der Waals surface area (Å²) in [5.74, 6) is 0.00709. The Kier molecular flexibility index (Phi) is 9.95. The van der Waals surface area contributed by atoms with E-state index in [2.05, 4.69) is 11.2 Å². The number of benzene rings is 3. The lowest BCUT2D eigenvalue weighted by Crippen LogP contribution is -2.70. The van der Waals surface area contributed by atoms with Crippen molar-refractivity contribution < 1.29 is 28.3 Å². The lowest BCUT2D eigenvalue weighted by Gasteiger charge is -2.49. The van der Waals surface area contributed by atoms with Gasteiger partial charge in [0.1, 0.15) is 29.6 Å². The van der Waals surface area contributed by atoms with E-state index in [1.165, 1.54) is 45.1 Å². The molecule has 0 aliphatic carbocycles. The molecule has 9 nitrogen and oxygen atoms in total. The van der Waals surface area contributed by atoms with E-state index in [1.807, 2.05) is 30.3 Å². The van der Waals surface area contributed by atoms with Gasteiger partial charge in [0, 0.05) is 38.2 Å². The first-order valence-corrected chi connectivity index (χ1v) is 13.7. The first kappa shape index (κ1) is 31.0. The SMILES string of the molecule is C#CCN1CC(=O)N([C@@H](Cc2ccc(O)cc2)C(=O)N(C)Cc2ccc(F)cc2F)[C@H](C)N1C(=O)NCc1ccccc1. The first-order valence-electron chi connectivity index (χ1n) is 13.7. The Bertz CT molecular complexity index is 1500. The zero-order chi connectivity index (χ0) is 31.1. The Labute approximate surface area is 249 Å². The number of carbonyl (C=O) groups is 3. The van der Waals surface area contributed by atoms with Crippen molar-refractivity contribution in [2.45, 2.75) is 38.6 Å². The van der Waals surface area contributed by atoms with E-state index in [4.69, 9.17) is 6.42 Å². The van der Waals surface area contributed by atoms with Crippen LogP contribution in [0.15, 0.2) is 72.8 Å². The quantitative estimate of drug-likeness (QED) is 0.373. The molecule has 0 aromatic heterocycles. The van der Waals surface area contributed by atoms with Gasteiger partial charge in [0.2, 0.25) is 11.8 Å². The molecule has 1 aliphatic rings. The van der Waals surface area contributed by atoms with E-state index in [0.29, 0.717) is 5.56 Å². The molecule has 1 saturated heterocycles. The minimum absolute atomic E-state index is 0.0248. The summed E-state index contributed by atoms with van der Waals surface area (Å²) in [6.07, 6.45) is 4.66. The summed E-state index contributed by atoms with van der Waals surface area (Å²) in [5.41, 5.74) is 1.61. The Morgan fingerprint density at radius 3 is 2.44 bits per heavy atom. The number of amides is 4. The molecule has 0 spiro atoms. The lowest BCUT2D eigenvalue weighted by molar-refractivity contribution is -0.173. The van der Waals surface area contributed by atoms with Crippen LogP contribution in [0.5, 0.6) is 5.75 Å². The van der Waals surface area contributed by atoms with E-state index in [9.17, 15) is 28.3 Å². The number of carbonyl (C=O) groups excluding carboxylic acids is 3. The standard InChI is InChI=1S/C32H33F2N5O4/c1-4-16-37-21-30(41)38(22(2)39(37)32(43)35-19-24-8-6-5-7-9-24)29(17-23-10-14-27(40)15-11-23)31(42)36(3)20-25-12-13-26(33)18-28(25)34/h1,5-15,18,22,29,40H,16-17,19-21H2,2-3H3,(H,35,43)/t22-,29-/m0/s1. The molecule has 224 valence electrons. The fourth-order valence-electron chi connectivity index (χ4n) is 5.10. The van der Waals surface area contributed by atoms with Crippen LogP contribution in [0, 0.1) is 24.0 Å². The number of hydrogen-bond donors (Lipinski definition) is 2. The van der Waals surface area contributed by atoms with Gasteiger partial charge in [-0.15, -0.1) is 6.42 Å². The molecular formula is C32H33F2N5O4. The molecule has 4 rings (SSSR count). The van der Waals surface area contributed by atoms with Gasteiger partial charge in [0.15, 0.2) is 0 Å². The van der Waals surface area contributed by atoms with E-state index in [1.54, 1.807) is 19.1 Å². The van der Waals surface area contributed by atoms with Crippen LogP contribution in [0.2, 0.25) is 0 Å². The van der Waals surface area contributed by atoms with Gasteiger partial charge in [-0.25, -0.2) is 18.6 Å². The third-order valence-electron chi connectivity index (χ3n) is 7.22. The van der Waals surface area contributed by atoms with Gasteiger partial charge < -0.3 is 20.2 Å². The summed E-state index contributed by atoms with van der Waals surface area (Å²) in [6.45, 7) is 1.38. The van der Waals surface area contributed by atoms with E-state index in [0.717, 1.165) is 17.7 Å². The molecule has 0 bridgehead atoms. The minimum Gasteiger partial charge on any atom is -0.508 e. The number of nitrogens with zero attached hydrogens (tertiary/aromatic N) is 4. The van der Waals surface area contributed by atoms with Crippen molar-refractivity contribution in [2.75, 3.05) is 20.1 Å². The molecule has 2 atom stereocenters. The normalized spacial score (nSPS) is 16.0. The van der Waals surface area contributed by atoms with Crippen LogP contribution in [0.3, 0.4) is 0 Å². The molecular weight excluding hydrogens is 556 g/mol. The van der Waals surface area contributed by atoms with Crippen LogP contribution >= 0.6 is 0 Å². The highest BCUT2D eigenvalue weighted by Crippen LogP contribution is 2.25.